The van der Waals surface area contributed by atoms with Gasteiger partial charge in [0.05, 0.1) is 25.4 Å². The van der Waals surface area contributed by atoms with E-state index in [1.807, 2.05) is 0 Å². The van der Waals surface area contributed by atoms with Gasteiger partial charge in [-0.2, -0.15) is 0 Å². The summed E-state index contributed by atoms with van der Waals surface area (Å²) in [5.41, 5.74) is 0. The molecule has 1 amide bonds. The molecule has 0 aromatic carbocycles. The number of hydrogen-bond donors (Lipinski definition) is 3. The number of rotatable bonds is 61. The number of aliphatic hydroxyl groups excluding tert-OH is 2. The predicted octanol–water partition coefficient (Wildman–Crippen LogP) is 20.8. The zero-order valence-corrected chi connectivity index (χ0v) is 49.1. The summed E-state index contributed by atoms with van der Waals surface area (Å²) >= 11 is 0. The van der Waals surface area contributed by atoms with Gasteiger partial charge in [0.2, 0.25) is 5.91 Å². The number of esters is 1. The van der Waals surface area contributed by atoms with Gasteiger partial charge >= 0.3 is 5.97 Å². The lowest BCUT2D eigenvalue weighted by atomic mass is 10.0. The van der Waals surface area contributed by atoms with Crippen LogP contribution in [0.2, 0.25) is 0 Å². The van der Waals surface area contributed by atoms with E-state index < -0.39 is 12.1 Å². The molecule has 0 saturated heterocycles. The number of hydrogen-bond acceptors (Lipinski definition) is 5. The van der Waals surface area contributed by atoms with E-state index in [1.54, 1.807) is 0 Å². The Labute approximate surface area is 455 Å². The number of nitrogens with one attached hydrogen (secondary N) is 1. The molecule has 0 aromatic rings. The molecule has 73 heavy (non-hydrogen) atoms. The quantitative estimate of drug-likeness (QED) is 0.0320. The second-order valence-electron chi connectivity index (χ2n) is 22.4. The first kappa shape index (κ1) is 71.1. The van der Waals surface area contributed by atoms with Gasteiger partial charge < -0.3 is 20.3 Å². The molecule has 0 radical (unpaired) electrons. The van der Waals surface area contributed by atoms with Crippen LogP contribution >= 0.6 is 0 Å². The maximum atomic E-state index is 12.5. The van der Waals surface area contributed by atoms with Crippen LogP contribution in [0.3, 0.4) is 0 Å². The van der Waals surface area contributed by atoms with Gasteiger partial charge in [0.1, 0.15) is 0 Å². The minimum atomic E-state index is -0.666. The van der Waals surface area contributed by atoms with Crippen LogP contribution in [0, 0.1) is 0 Å². The van der Waals surface area contributed by atoms with E-state index in [9.17, 15) is 19.8 Å². The molecule has 2 atom stereocenters. The molecule has 0 aliphatic heterocycles. The first-order valence-corrected chi connectivity index (χ1v) is 32.7. The first-order chi connectivity index (χ1) is 36.0. The van der Waals surface area contributed by atoms with Crippen molar-refractivity contribution in [2.75, 3.05) is 13.2 Å². The van der Waals surface area contributed by atoms with Crippen molar-refractivity contribution in [3.63, 3.8) is 0 Å². The molecule has 0 fully saturated rings. The second-order valence-corrected chi connectivity index (χ2v) is 22.4. The highest BCUT2D eigenvalue weighted by Crippen LogP contribution is 2.17. The lowest BCUT2D eigenvalue weighted by Crippen LogP contribution is -2.45. The predicted molar refractivity (Wildman–Crippen MR) is 319 cm³/mol. The summed E-state index contributed by atoms with van der Waals surface area (Å²) in [6.07, 6.45) is 78.8. The van der Waals surface area contributed by atoms with E-state index in [2.05, 4.69) is 55.6 Å². The third-order valence-corrected chi connectivity index (χ3v) is 15.2. The van der Waals surface area contributed by atoms with E-state index in [1.165, 1.54) is 270 Å². The molecule has 0 aliphatic rings. The Bertz CT molecular complexity index is 1180. The number of amides is 1. The van der Waals surface area contributed by atoms with Crippen molar-refractivity contribution in [2.24, 2.45) is 0 Å². The van der Waals surface area contributed by atoms with Crippen molar-refractivity contribution in [3.05, 3.63) is 36.5 Å². The fourth-order valence-corrected chi connectivity index (χ4v) is 10.1. The maximum absolute atomic E-state index is 12.5. The van der Waals surface area contributed by atoms with Gasteiger partial charge in [0, 0.05) is 12.8 Å². The molecule has 430 valence electrons. The average molecular weight is 1030 g/mol. The van der Waals surface area contributed by atoms with Gasteiger partial charge in [-0.25, -0.2) is 0 Å². The fraction of sp³-hybridized carbons (Fsp3) is 0.881. The number of carbonyl (C=O) groups excluding carboxylic acids is 2. The van der Waals surface area contributed by atoms with Crippen molar-refractivity contribution in [2.45, 2.75) is 366 Å². The van der Waals surface area contributed by atoms with Crippen LogP contribution in [0.15, 0.2) is 36.5 Å². The van der Waals surface area contributed by atoms with E-state index in [0.717, 1.165) is 51.4 Å². The Morgan fingerprint density at radius 2 is 0.685 bits per heavy atom. The van der Waals surface area contributed by atoms with E-state index >= 15 is 0 Å². The Morgan fingerprint density at radius 1 is 0.384 bits per heavy atom. The summed E-state index contributed by atoms with van der Waals surface area (Å²) < 4.78 is 5.48. The molecule has 3 N–H and O–H groups in total. The van der Waals surface area contributed by atoms with Crippen LogP contribution in [0.5, 0.6) is 0 Å². The molecule has 0 heterocycles. The Morgan fingerprint density at radius 3 is 1.05 bits per heavy atom. The molecule has 0 spiro atoms. The minimum absolute atomic E-state index is 0.00341. The van der Waals surface area contributed by atoms with Crippen molar-refractivity contribution >= 4 is 11.9 Å². The van der Waals surface area contributed by atoms with Crippen molar-refractivity contribution in [1.82, 2.24) is 5.32 Å². The van der Waals surface area contributed by atoms with Crippen LogP contribution in [-0.4, -0.2) is 47.4 Å². The van der Waals surface area contributed by atoms with E-state index in [-0.39, 0.29) is 18.5 Å². The number of aliphatic hydroxyl groups is 2. The standard InChI is InChI=1S/C67H127NO5/c1-3-5-7-9-11-13-15-17-18-33-37-41-45-49-53-57-61-67(72)73-62-58-54-50-46-42-38-34-31-29-27-25-23-21-19-20-22-24-26-28-30-32-36-40-44-48-52-56-60-66(71)68-64(63-69)65(70)59-55-51-47-43-39-35-16-14-12-10-8-6-4-2/h18-20,23,25,33,64-65,69-70H,3-17,21-22,24,26-32,34-63H2,1-2H3,(H,68,71)/b20-19-,25-23-,33-18-. The largest absolute Gasteiger partial charge is 0.466 e. The summed E-state index contributed by atoms with van der Waals surface area (Å²) in [6.45, 7) is 4.96. The highest BCUT2D eigenvalue weighted by Gasteiger charge is 2.20. The highest BCUT2D eigenvalue weighted by atomic mass is 16.5. The van der Waals surface area contributed by atoms with Gasteiger partial charge in [0.25, 0.3) is 0 Å². The molecular weight excluding hydrogens is 899 g/mol. The summed E-state index contributed by atoms with van der Waals surface area (Å²) in [6, 6.07) is -0.543. The first-order valence-electron chi connectivity index (χ1n) is 32.7. The zero-order chi connectivity index (χ0) is 52.9. The van der Waals surface area contributed by atoms with Gasteiger partial charge in [-0.05, 0) is 83.5 Å². The molecule has 0 aromatic heterocycles. The lowest BCUT2D eigenvalue weighted by molar-refractivity contribution is -0.143. The molecule has 6 heteroatoms. The van der Waals surface area contributed by atoms with Gasteiger partial charge in [0.15, 0.2) is 0 Å². The van der Waals surface area contributed by atoms with Crippen LogP contribution < -0.4 is 5.32 Å². The average Bonchev–Trinajstić information content (AvgIpc) is 3.39. The van der Waals surface area contributed by atoms with Crippen LogP contribution in [-0.2, 0) is 14.3 Å². The highest BCUT2D eigenvalue weighted by molar-refractivity contribution is 5.76. The summed E-state index contributed by atoms with van der Waals surface area (Å²) in [5.74, 6) is -0.0339. The summed E-state index contributed by atoms with van der Waals surface area (Å²) in [5, 5.41) is 23.3. The normalized spacial score (nSPS) is 12.8. The number of unbranched alkanes of at least 4 members (excludes halogenated alkanes) is 44. The molecule has 0 saturated carbocycles. The topological polar surface area (TPSA) is 95.9 Å². The van der Waals surface area contributed by atoms with Crippen molar-refractivity contribution in [3.8, 4) is 0 Å². The molecule has 0 rings (SSSR count). The number of ether oxygens (including phenoxy) is 1. The van der Waals surface area contributed by atoms with Crippen LogP contribution in [0.25, 0.3) is 0 Å². The Balaban J connectivity index is 3.41. The molecule has 0 bridgehead atoms. The van der Waals surface area contributed by atoms with Gasteiger partial charge in [-0.3, -0.25) is 9.59 Å². The zero-order valence-electron chi connectivity index (χ0n) is 49.1. The molecule has 2 unspecified atom stereocenters. The summed E-state index contributed by atoms with van der Waals surface area (Å²) in [4.78, 5) is 24.5. The number of allylic oxidation sites excluding steroid dienone is 6. The second kappa shape index (κ2) is 62.6. The lowest BCUT2D eigenvalue weighted by Gasteiger charge is -2.22. The maximum Gasteiger partial charge on any atom is 0.305 e. The number of carbonyl (C=O) groups is 2. The van der Waals surface area contributed by atoms with Crippen LogP contribution in [0.4, 0.5) is 0 Å². The Kier molecular flexibility index (Phi) is 61.0. The monoisotopic (exact) mass is 1030 g/mol. The SMILES string of the molecule is CCCCCCCCC/C=C\CCCCCCCC(=O)OCCCCCCCCCCC/C=C\C/C=C\CCCCCCCCCCCCCC(=O)NC(CO)C(O)CCCCCCCCCCCCCCC. The minimum Gasteiger partial charge on any atom is -0.466 e. The van der Waals surface area contributed by atoms with Crippen LogP contribution in [0.1, 0.15) is 354 Å². The molecule has 0 aliphatic carbocycles. The molecular formula is C67H127NO5. The fourth-order valence-electron chi connectivity index (χ4n) is 10.1. The van der Waals surface area contributed by atoms with Gasteiger partial charge in [-0.15, -0.1) is 0 Å². The Hall–Kier alpha value is -1.92. The van der Waals surface area contributed by atoms with Crippen molar-refractivity contribution < 1.29 is 24.5 Å². The van der Waals surface area contributed by atoms with E-state index in [0.29, 0.717) is 25.9 Å². The van der Waals surface area contributed by atoms with E-state index in [4.69, 9.17) is 4.74 Å². The third kappa shape index (κ3) is 59.2. The molecule has 6 nitrogen and oxygen atoms in total. The van der Waals surface area contributed by atoms with Crippen molar-refractivity contribution in [1.29, 1.82) is 0 Å². The third-order valence-electron chi connectivity index (χ3n) is 15.2. The van der Waals surface area contributed by atoms with Gasteiger partial charge in [-0.1, -0.05) is 294 Å². The summed E-state index contributed by atoms with van der Waals surface area (Å²) in [7, 11) is 0. The smallest absolute Gasteiger partial charge is 0.305 e.